The molecule has 282 valence electrons. The molecule has 7 rings (SSSR count). The number of hydrogen-bond donors (Lipinski definition) is 0. The predicted octanol–water partition coefficient (Wildman–Crippen LogP) is 4.97. The average molecular weight is 789 g/mol. The van der Waals surface area contributed by atoms with Crippen molar-refractivity contribution in [2.24, 2.45) is 15.4 Å². The number of alkyl halides is 1. The SMILES string of the molecule is N#Cc1cccc(Cn2nc(-c3cc(F)cc(F)c3)ccc2=O)c1.O=c1ccc(-c2cc(F)cc(F)c2)nn1Cc1cccc(C2=NN=NC2)c1.[2H]CF.[N-]=[N+]=[N-].[Na+]. The molecule has 57 heavy (non-hydrogen) atoms. The Kier molecular flexibility index (Phi) is 16.7. The van der Waals surface area contributed by atoms with E-state index in [0.29, 0.717) is 17.8 Å². The van der Waals surface area contributed by atoms with E-state index >= 15 is 0 Å². The van der Waals surface area contributed by atoms with E-state index in [4.69, 9.17) is 17.7 Å². The summed E-state index contributed by atoms with van der Waals surface area (Å²) in [6.45, 7) is 0.780. The summed E-state index contributed by atoms with van der Waals surface area (Å²) in [6, 6.07) is 28.0. The van der Waals surface area contributed by atoms with Gasteiger partial charge in [0.2, 0.25) is 0 Å². The van der Waals surface area contributed by atoms with Crippen LogP contribution in [0, 0.1) is 34.6 Å². The van der Waals surface area contributed by atoms with Crippen LogP contribution >= 0.6 is 0 Å². The maximum Gasteiger partial charge on any atom is 1.00 e. The van der Waals surface area contributed by atoms with Gasteiger partial charge in [-0.1, -0.05) is 30.3 Å². The Balaban J connectivity index is 0.000000271. The molecule has 3 heterocycles. The molecule has 1 aliphatic heterocycles. The van der Waals surface area contributed by atoms with Gasteiger partial charge in [0.05, 0.1) is 50.3 Å². The van der Waals surface area contributed by atoms with Crippen molar-refractivity contribution >= 4 is 5.71 Å². The van der Waals surface area contributed by atoms with Crippen molar-refractivity contribution in [1.29, 1.82) is 5.26 Å². The van der Waals surface area contributed by atoms with Crippen molar-refractivity contribution < 1.29 is 52.9 Å². The van der Waals surface area contributed by atoms with Crippen LogP contribution in [-0.2, 0) is 13.1 Å². The topological polar surface area (TPSA) is 189 Å². The molecular formula is C38H27F5N11NaO2. The molecule has 0 N–H and O–H groups in total. The third kappa shape index (κ3) is 13.0. The molecule has 0 saturated heterocycles. The Hall–Kier alpha value is -6.64. The second-order valence-electron chi connectivity index (χ2n) is 11.3. The van der Waals surface area contributed by atoms with Gasteiger partial charge in [0.1, 0.15) is 29.8 Å². The number of halogens is 5. The summed E-state index contributed by atoms with van der Waals surface area (Å²) in [6.07, 6.45) is 0. The summed E-state index contributed by atoms with van der Waals surface area (Å²) >= 11 is 0. The summed E-state index contributed by atoms with van der Waals surface area (Å²) < 4.78 is 71.6. The van der Waals surface area contributed by atoms with E-state index in [9.17, 15) is 31.5 Å². The summed E-state index contributed by atoms with van der Waals surface area (Å²) in [5.41, 5.74) is 17.6. The van der Waals surface area contributed by atoms with E-state index in [1.807, 2.05) is 30.3 Å². The van der Waals surface area contributed by atoms with Gasteiger partial charge in [0, 0.05) is 41.0 Å². The number of rotatable bonds is 7. The van der Waals surface area contributed by atoms with E-state index < -0.39 is 30.4 Å². The first-order chi connectivity index (χ1) is 27.5. The fourth-order valence-electron chi connectivity index (χ4n) is 5.13. The van der Waals surface area contributed by atoms with Crippen molar-refractivity contribution in [2.75, 3.05) is 13.7 Å². The molecule has 0 spiro atoms. The van der Waals surface area contributed by atoms with Crippen molar-refractivity contribution in [2.45, 2.75) is 13.1 Å². The Labute approximate surface area is 344 Å². The molecule has 13 nitrogen and oxygen atoms in total. The largest absolute Gasteiger partial charge is 1.00 e. The van der Waals surface area contributed by atoms with Crippen LogP contribution in [0.15, 0.2) is 134 Å². The van der Waals surface area contributed by atoms with Gasteiger partial charge in [0.25, 0.3) is 11.1 Å². The molecule has 6 aromatic rings. The van der Waals surface area contributed by atoms with Crippen LogP contribution in [0.2, 0.25) is 0 Å². The zero-order chi connectivity index (χ0) is 41.3. The van der Waals surface area contributed by atoms with Crippen LogP contribution in [0.4, 0.5) is 22.0 Å². The van der Waals surface area contributed by atoms with Gasteiger partial charge >= 0.3 is 29.6 Å². The molecule has 0 bridgehead atoms. The van der Waals surface area contributed by atoms with Crippen LogP contribution < -0.4 is 40.7 Å². The molecular weight excluding hydrogens is 760 g/mol. The number of aromatic nitrogens is 4. The van der Waals surface area contributed by atoms with Crippen LogP contribution in [0.25, 0.3) is 38.5 Å². The molecule has 0 unspecified atom stereocenters. The third-order valence-corrected chi connectivity index (χ3v) is 7.48. The van der Waals surface area contributed by atoms with E-state index in [1.54, 1.807) is 24.3 Å². The van der Waals surface area contributed by atoms with E-state index in [1.165, 1.54) is 50.7 Å². The molecule has 2 aromatic heterocycles. The molecule has 4 aromatic carbocycles. The van der Waals surface area contributed by atoms with Crippen LogP contribution in [0.5, 0.6) is 0 Å². The molecule has 0 radical (unpaired) electrons. The summed E-state index contributed by atoms with van der Waals surface area (Å²) in [5, 5.41) is 28.7. The smallest absolute Gasteiger partial charge is 0.373 e. The minimum absolute atomic E-state index is 0. The van der Waals surface area contributed by atoms with Crippen molar-refractivity contribution in [1.82, 2.24) is 19.6 Å². The molecule has 0 fully saturated rings. The zero-order valence-electron chi connectivity index (χ0n) is 30.8. The Morgan fingerprint density at radius 2 is 1.18 bits per heavy atom. The van der Waals surface area contributed by atoms with Gasteiger partial charge in [-0.2, -0.15) is 20.6 Å². The molecule has 0 amide bonds. The van der Waals surface area contributed by atoms with E-state index in [-0.39, 0.29) is 70.6 Å². The standard InChI is InChI=1S/C19H13F2N5O.C18H11F2N3O.CH3F.N3.Na/c20-15-7-14(8-16(21)9-15)17-4-5-19(27)26(24-17)11-12-2-1-3-13(6-12)18-10-22-25-23-18;19-15-7-14(8-16(20)9-15)17-4-5-18(24)23(22-17)11-13-3-1-2-12(6-13)10-21;1-2;1-3-2;/h1-9H,10-11H2;1-9H,11H2;1H3;;/q;;;-1;+1/i;;1D;;. The summed E-state index contributed by atoms with van der Waals surface area (Å²) in [5.74, 6) is -2.84. The first kappa shape index (κ1) is 43.1. The third-order valence-electron chi connectivity index (χ3n) is 7.48. The van der Waals surface area contributed by atoms with Gasteiger partial charge in [0.15, 0.2) is 0 Å². The first-order valence-corrected chi connectivity index (χ1v) is 15.9. The van der Waals surface area contributed by atoms with Gasteiger partial charge < -0.3 is 11.1 Å². The second-order valence-corrected chi connectivity index (χ2v) is 11.3. The van der Waals surface area contributed by atoms with Crippen molar-refractivity contribution in [3.8, 4) is 28.6 Å². The summed E-state index contributed by atoms with van der Waals surface area (Å²) in [7, 11) is -1.00. The predicted molar refractivity (Wildman–Crippen MR) is 197 cm³/mol. The average Bonchev–Trinajstić information content (AvgIpc) is 3.73. The molecule has 0 aliphatic carbocycles. The van der Waals surface area contributed by atoms with Crippen LogP contribution in [-0.4, -0.2) is 39.0 Å². The van der Waals surface area contributed by atoms with E-state index in [0.717, 1.165) is 46.7 Å². The number of benzene rings is 4. The van der Waals surface area contributed by atoms with Gasteiger partial charge in [-0.15, -0.1) is 5.10 Å². The maximum atomic E-state index is 13.5. The fourth-order valence-corrected chi connectivity index (χ4v) is 5.13. The molecule has 0 atom stereocenters. The minimum atomic E-state index is -1.00. The quantitative estimate of drug-likeness (QED) is 0.0725. The van der Waals surface area contributed by atoms with Gasteiger partial charge in [-0.3, -0.25) is 18.9 Å². The molecule has 0 saturated carbocycles. The number of nitrogens with zero attached hydrogens (tertiary/aromatic N) is 11. The van der Waals surface area contributed by atoms with Gasteiger partial charge in [-0.25, -0.2) is 26.9 Å². The fraction of sp³-hybridized carbons (Fsp3) is 0.105. The van der Waals surface area contributed by atoms with Crippen LogP contribution in [0.1, 0.15) is 23.6 Å². The van der Waals surface area contributed by atoms with Crippen LogP contribution in [0.3, 0.4) is 0 Å². The monoisotopic (exact) mass is 788 g/mol. The number of hydrogen-bond acceptors (Lipinski definition) is 8. The Morgan fingerprint density at radius 3 is 1.61 bits per heavy atom. The first-order valence-electron chi connectivity index (χ1n) is 16.6. The normalized spacial score (nSPS) is 11.0. The van der Waals surface area contributed by atoms with Crippen molar-refractivity contribution in [3.63, 3.8) is 0 Å². The van der Waals surface area contributed by atoms with Gasteiger partial charge in [-0.05, 0) is 70.9 Å². The Bertz CT molecular complexity index is 2590. The minimum Gasteiger partial charge on any atom is -0.373 e. The maximum absolute atomic E-state index is 13.5. The van der Waals surface area contributed by atoms with Crippen molar-refractivity contribution in [3.05, 3.63) is 191 Å². The zero-order valence-corrected chi connectivity index (χ0v) is 31.8. The Morgan fingerprint density at radius 1 is 0.719 bits per heavy atom. The molecule has 19 heteroatoms. The molecule has 1 aliphatic rings. The second kappa shape index (κ2) is 22.0. The summed E-state index contributed by atoms with van der Waals surface area (Å²) in [4.78, 5) is 25.7. The van der Waals surface area contributed by atoms with E-state index in [2.05, 4.69) is 25.6 Å². The number of nitriles is 1.